The average Bonchev–Trinajstić information content (AvgIpc) is 2.25. The van der Waals surface area contributed by atoms with Crippen LogP contribution in [0, 0.1) is 5.41 Å². The van der Waals surface area contributed by atoms with Gasteiger partial charge in [-0.15, -0.1) is 0 Å². The summed E-state index contributed by atoms with van der Waals surface area (Å²) in [6.07, 6.45) is 11.8. The Kier molecular flexibility index (Phi) is 6.56. The van der Waals surface area contributed by atoms with E-state index in [4.69, 9.17) is 0 Å². The zero-order chi connectivity index (χ0) is 12.6. The predicted octanol–water partition coefficient (Wildman–Crippen LogP) is 4.01. The van der Waals surface area contributed by atoms with Crippen LogP contribution < -0.4 is 0 Å². The van der Waals surface area contributed by atoms with Crippen molar-refractivity contribution in [2.75, 3.05) is 7.11 Å². The van der Waals surface area contributed by atoms with Crippen molar-refractivity contribution in [1.29, 1.82) is 0 Å². The van der Waals surface area contributed by atoms with Crippen molar-refractivity contribution in [2.45, 2.75) is 71.1 Å². The van der Waals surface area contributed by atoms with Gasteiger partial charge in [-0.3, -0.25) is 4.89 Å². The molecule has 0 unspecified atom stereocenters. The normalized spacial score (nSPS) is 17.5. The van der Waals surface area contributed by atoms with E-state index in [-0.39, 0.29) is 11.4 Å². The van der Waals surface area contributed by atoms with Crippen molar-refractivity contribution < 1.29 is 14.6 Å². The van der Waals surface area contributed by atoms with Crippen LogP contribution >= 0.6 is 0 Å². The van der Waals surface area contributed by atoms with Crippen molar-refractivity contribution in [1.82, 2.24) is 0 Å². The lowest BCUT2D eigenvalue weighted by atomic mass is 9.64. The summed E-state index contributed by atoms with van der Waals surface area (Å²) in [5.41, 5.74) is 0.238. The first-order valence-electron chi connectivity index (χ1n) is 6.96. The van der Waals surface area contributed by atoms with Gasteiger partial charge in [-0.05, 0) is 24.7 Å². The molecule has 0 aliphatic heterocycles. The molecule has 0 saturated heterocycles. The largest absolute Gasteiger partial charge is 0.342 e. The Morgan fingerprint density at radius 1 is 1.18 bits per heavy atom. The highest BCUT2D eigenvalue weighted by Crippen LogP contribution is 2.48. The van der Waals surface area contributed by atoms with Crippen LogP contribution in [0.4, 0.5) is 0 Å². The van der Waals surface area contributed by atoms with Gasteiger partial charge in [0, 0.05) is 0 Å². The second-order valence-electron chi connectivity index (χ2n) is 5.32. The highest BCUT2D eigenvalue weighted by molar-refractivity contribution is 5.69. The maximum atomic E-state index is 11.4. The topological polar surface area (TPSA) is 35.5 Å². The molecular weight excluding hydrogens is 216 g/mol. The molecule has 100 valence electrons. The Balaban J connectivity index is 2.19. The number of hydrogen-bond donors (Lipinski definition) is 0. The molecule has 3 nitrogen and oxygen atoms in total. The van der Waals surface area contributed by atoms with Crippen LogP contribution in [0.2, 0.25) is 0 Å². The lowest BCUT2D eigenvalue weighted by molar-refractivity contribution is -0.257. The summed E-state index contributed by atoms with van der Waals surface area (Å²) in [5.74, 6) is -0.208. The number of unbranched alkanes of at least 4 members (excludes halogenated alkanes) is 4. The Bertz CT molecular complexity index is 222. The third-order valence-corrected chi connectivity index (χ3v) is 3.92. The molecule has 0 amide bonds. The smallest absolute Gasteiger partial charge is 0.299 e. The highest BCUT2D eigenvalue weighted by atomic mass is 17.2. The Morgan fingerprint density at radius 3 is 2.41 bits per heavy atom. The second-order valence-corrected chi connectivity index (χ2v) is 5.32. The van der Waals surface area contributed by atoms with Crippen molar-refractivity contribution in [3.63, 3.8) is 0 Å². The first-order chi connectivity index (χ1) is 8.22. The van der Waals surface area contributed by atoms with Crippen molar-refractivity contribution in [3.05, 3.63) is 0 Å². The van der Waals surface area contributed by atoms with Gasteiger partial charge in [0.1, 0.15) is 0 Å². The first kappa shape index (κ1) is 14.5. The highest BCUT2D eigenvalue weighted by Gasteiger charge is 2.38. The minimum Gasteiger partial charge on any atom is -0.299 e. The molecule has 1 fully saturated rings. The van der Waals surface area contributed by atoms with Gasteiger partial charge in [-0.25, -0.2) is 4.79 Å². The number of rotatable bonds is 9. The molecule has 1 rings (SSSR count). The molecule has 0 bridgehead atoms. The molecule has 0 radical (unpaired) electrons. The van der Waals surface area contributed by atoms with E-state index in [0.717, 1.165) is 0 Å². The quantitative estimate of drug-likeness (QED) is 0.348. The molecule has 0 atom stereocenters. The van der Waals surface area contributed by atoms with Gasteiger partial charge < -0.3 is 0 Å². The van der Waals surface area contributed by atoms with Gasteiger partial charge in [0.15, 0.2) is 0 Å². The van der Waals surface area contributed by atoms with Crippen LogP contribution in [0.25, 0.3) is 0 Å². The number of carbonyl (C=O) groups is 1. The van der Waals surface area contributed by atoms with Crippen LogP contribution in [0.3, 0.4) is 0 Å². The lowest BCUT2D eigenvalue weighted by Gasteiger charge is -2.41. The lowest BCUT2D eigenvalue weighted by Crippen LogP contribution is -2.32. The number of hydrogen-bond acceptors (Lipinski definition) is 3. The summed E-state index contributed by atoms with van der Waals surface area (Å²) in [7, 11) is 1.39. The van der Waals surface area contributed by atoms with E-state index in [1.54, 1.807) is 0 Å². The molecule has 0 heterocycles. The average molecular weight is 242 g/mol. The standard InChI is InChI=1S/C14H26O3/c1-3-4-5-6-7-9-14(10-8-11-14)12-13(15)17-16-2/h3-12H2,1-2H3. The van der Waals surface area contributed by atoms with Crippen LogP contribution in [0.5, 0.6) is 0 Å². The Morgan fingerprint density at radius 2 is 1.88 bits per heavy atom. The summed E-state index contributed by atoms with van der Waals surface area (Å²) in [4.78, 5) is 20.4. The van der Waals surface area contributed by atoms with E-state index in [9.17, 15) is 4.79 Å². The molecule has 0 spiro atoms. The van der Waals surface area contributed by atoms with E-state index in [1.165, 1.54) is 64.9 Å². The molecule has 17 heavy (non-hydrogen) atoms. The number of carbonyl (C=O) groups excluding carboxylic acids is 1. The molecule has 0 aromatic rings. The fourth-order valence-electron chi connectivity index (χ4n) is 2.72. The van der Waals surface area contributed by atoms with Gasteiger partial charge in [0.05, 0.1) is 13.5 Å². The summed E-state index contributed by atoms with van der Waals surface area (Å²) in [6, 6.07) is 0. The van der Waals surface area contributed by atoms with Crippen LogP contribution in [0.15, 0.2) is 0 Å². The molecule has 0 aromatic carbocycles. The molecular formula is C14H26O3. The van der Waals surface area contributed by atoms with Crippen molar-refractivity contribution >= 4 is 5.97 Å². The van der Waals surface area contributed by atoms with Crippen LogP contribution in [-0.4, -0.2) is 13.1 Å². The van der Waals surface area contributed by atoms with Crippen molar-refractivity contribution in [3.8, 4) is 0 Å². The molecule has 0 N–H and O–H groups in total. The van der Waals surface area contributed by atoms with E-state index in [1.807, 2.05) is 0 Å². The SMILES string of the molecule is CCCCCCCC1(CC(=O)OOC)CCC1. The fraction of sp³-hybridized carbons (Fsp3) is 0.929. The Hall–Kier alpha value is -0.570. The zero-order valence-electron chi connectivity index (χ0n) is 11.3. The van der Waals surface area contributed by atoms with Gasteiger partial charge in [-0.2, -0.15) is 4.89 Å². The van der Waals surface area contributed by atoms with E-state index in [2.05, 4.69) is 16.7 Å². The van der Waals surface area contributed by atoms with Crippen LogP contribution in [-0.2, 0) is 14.6 Å². The molecule has 3 heteroatoms. The van der Waals surface area contributed by atoms with Crippen molar-refractivity contribution in [2.24, 2.45) is 5.41 Å². The predicted molar refractivity (Wildman–Crippen MR) is 67.4 cm³/mol. The Labute approximate surface area is 105 Å². The summed E-state index contributed by atoms with van der Waals surface area (Å²) < 4.78 is 0. The summed E-state index contributed by atoms with van der Waals surface area (Å²) in [6.45, 7) is 2.23. The first-order valence-corrected chi connectivity index (χ1v) is 6.96. The third-order valence-electron chi connectivity index (χ3n) is 3.92. The monoisotopic (exact) mass is 242 g/mol. The van der Waals surface area contributed by atoms with Gasteiger partial charge in [0.2, 0.25) is 0 Å². The second kappa shape index (κ2) is 7.70. The molecule has 1 aliphatic carbocycles. The molecule has 1 aliphatic rings. The maximum Gasteiger partial charge on any atom is 0.342 e. The maximum absolute atomic E-state index is 11.4. The molecule has 1 saturated carbocycles. The minimum absolute atomic E-state index is 0.208. The molecule has 0 aromatic heterocycles. The fourth-order valence-corrected chi connectivity index (χ4v) is 2.72. The van der Waals surface area contributed by atoms with E-state index in [0.29, 0.717) is 6.42 Å². The third kappa shape index (κ3) is 5.07. The van der Waals surface area contributed by atoms with Gasteiger partial charge in [-0.1, -0.05) is 45.4 Å². The van der Waals surface area contributed by atoms with E-state index >= 15 is 0 Å². The van der Waals surface area contributed by atoms with E-state index < -0.39 is 0 Å². The summed E-state index contributed by atoms with van der Waals surface area (Å²) in [5, 5.41) is 0. The zero-order valence-corrected chi connectivity index (χ0v) is 11.3. The van der Waals surface area contributed by atoms with Gasteiger partial charge >= 0.3 is 5.97 Å². The summed E-state index contributed by atoms with van der Waals surface area (Å²) >= 11 is 0. The van der Waals surface area contributed by atoms with Crippen LogP contribution in [0.1, 0.15) is 71.1 Å². The minimum atomic E-state index is -0.208. The van der Waals surface area contributed by atoms with Gasteiger partial charge in [0.25, 0.3) is 0 Å².